The summed E-state index contributed by atoms with van der Waals surface area (Å²) in [6.45, 7) is 7.41. The van der Waals surface area contributed by atoms with Gasteiger partial charge in [-0.3, -0.25) is 4.79 Å². The van der Waals surface area contributed by atoms with Gasteiger partial charge in [-0.2, -0.15) is 0 Å². The number of hydrogen-bond acceptors (Lipinski definition) is 6. The van der Waals surface area contributed by atoms with Crippen LogP contribution in [0.1, 0.15) is 30.6 Å². The number of ether oxygens (including phenoxy) is 1. The molecule has 8 nitrogen and oxygen atoms in total. The normalized spacial score (nSPS) is 22.5. The molecule has 0 saturated carbocycles. The van der Waals surface area contributed by atoms with Crippen LogP contribution in [0.4, 0.5) is 10.2 Å². The standard InChI is InChI=1S/C18H22FN5O3/c1-4-14(25)24-8-13(12(19)6-10(24)3)23-17-15-11(18(26)27-5-2)7-20-16(15)21-9-22-17/h4,7,9-10,12-13H,1,5-6,8H2,2-3H3,(H2,20,21,22,23)/t10-,12-,13-/m0/s1. The van der Waals surface area contributed by atoms with E-state index < -0.39 is 18.2 Å². The Labute approximate surface area is 155 Å². The number of anilines is 1. The van der Waals surface area contributed by atoms with E-state index >= 15 is 0 Å². The van der Waals surface area contributed by atoms with Crippen molar-refractivity contribution in [2.75, 3.05) is 18.5 Å². The van der Waals surface area contributed by atoms with Crippen molar-refractivity contribution in [2.45, 2.75) is 38.5 Å². The van der Waals surface area contributed by atoms with Gasteiger partial charge in [-0.15, -0.1) is 0 Å². The molecule has 1 saturated heterocycles. The molecule has 27 heavy (non-hydrogen) atoms. The number of rotatable bonds is 5. The molecule has 3 rings (SSSR count). The number of carbonyl (C=O) groups is 2. The summed E-state index contributed by atoms with van der Waals surface area (Å²) in [4.78, 5) is 37.0. The van der Waals surface area contributed by atoms with E-state index in [0.717, 1.165) is 0 Å². The number of hydrogen-bond donors (Lipinski definition) is 2. The molecule has 3 atom stereocenters. The van der Waals surface area contributed by atoms with Gasteiger partial charge in [-0.1, -0.05) is 6.58 Å². The summed E-state index contributed by atoms with van der Waals surface area (Å²) in [7, 11) is 0. The van der Waals surface area contributed by atoms with E-state index in [0.29, 0.717) is 16.9 Å². The van der Waals surface area contributed by atoms with Crippen LogP contribution in [0.25, 0.3) is 11.0 Å². The number of piperidine rings is 1. The Morgan fingerprint density at radius 1 is 1.52 bits per heavy atom. The van der Waals surface area contributed by atoms with Gasteiger partial charge in [-0.05, 0) is 19.9 Å². The van der Waals surface area contributed by atoms with E-state index in [9.17, 15) is 14.0 Å². The number of amides is 1. The van der Waals surface area contributed by atoms with Gasteiger partial charge < -0.3 is 19.9 Å². The molecule has 1 aliphatic heterocycles. The van der Waals surface area contributed by atoms with Gasteiger partial charge in [0.25, 0.3) is 0 Å². The number of nitrogens with zero attached hydrogens (tertiary/aromatic N) is 3. The fraction of sp³-hybridized carbons (Fsp3) is 0.444. The molecule has 0 bridgehead atoms. The molecule has 0 spiro atoms. The predicted octanol–water partition coefficient (Wildman–Crippen LogP) is 2.06. The minimum Gasteiger partial charge on any atom is -0.462 e. The lowest BCUT2D eigenvalue weighted by Gasteiger charge is -2.40. The van der Waals surface area contributed by atoms with Crippen LogP contribution in [-0.4, -0.2) is 63.1 Å². The van der Waals surface area contributed by atoms with Crippen LogP contribution in [0.15, 0.2) is 25.2 Å². The molecule has 1 aliphatic rings. The molecule has 0 radical (unpaired) electrons. The summed E-state index contributed by atoms with van der Waals surface area (Å²) in [6.07, 6.45) is 3.06. The zero-order valence-corrected chi connectivity index (χ0v) is 15.2. The Hall–Kier alpha value is -2.97. The minimum atomic E-state index is -1.18. The second-order valence-electron chi connectivity index (χ2n) is 6.41. The lowest BCUT2D eigenvalue weighted by Crippen LogP contribution is -2.54. The van der Waals surface area contributed by atoms with Crippen LogP contribution >= 0.6 is 0 Å². The number of aromatic amines is 1. The zero-order valence-electron chi connectivity index (χ0n) is 15.2. The minimum absolute atomic E-state index is 0.165. The zero-order chi connectivity index (χ0) is 19.6. The van der Waals surface area contributed by atoms with Crippen molar-refractivity contribution in [3.63, 3.8) is 0 Å². The van der Waals surface area contributed by atoms with Crippen molar-refractivity contribution in [3.05, 3.63) is 30.7 Å². The fourth-order valence-corrected chi connectivity index (χ4v) is 3.30. The number of aromatic nitrogens is 3. The first-order valence-electron chi connectivity index (χ1n) is 8.79. The summed E-state index contributed by atoms with van der Waals surface area (Å²) in [5, 5.41) is 3.48. The molecule has 3 heterocycles. The Balaban J connectivity index is 1.91. The van der Waals surface area contributed by atoms with Crippen molar-refractivity contribution in [2.24, 2.45) is 0 Å². The van der Waals surface area contributed by atoms with Crippen molar-refractivity contribution >= 4 is 28.7 Å². The maximum Gasteiger partial charge on any atom is 0.340 e. The maximum atomic E-state index is 14.7. The summed E-state index contributed by atoms with van der Waals surface area (Å²) in [5.41, 5.74) is 0.711. The van der Waals surface area contributed by atoms with Gasteiger partial charge in [-0.25, -0.2) is 19.2 Å². The van der Waals surface area contributed by atoms with Crippen LogP contribution < -0.4 is 5.32 Å². The highest BCUT2D eigenvalue weighted by atomic mass is 19.1. The van der Waals surface area contributed by atoms with Crippen molar-refractivity contribution in [1.82, 2.24) is 19.9 Å². The first kappa shape index (κ1) is 18.8. The number of nitrogens with one attached hydrogen (secondary N) is 2. The van der Waals surface area contributed by atoms with Gasteiger partial charge in [0.1, 0.15) is 24.0 Å². The van der Waals surface area contributed by atoms with Gasteiger partial charge >= 0.3 is 5.97 Å². The van der Waals surface area contributed by atoms with Crippen LogP contribution in [0, 0.1) is 0 Å². The summed E-state index contributed by atoms with van der Waals surface area (Å²) in [6, 6.07) is -0.899. The fourth-order valence-electron chi connectivity index (χ4n) is 3.30. The third-order valence-electron chi connectivity index (χ3n) is 4.67. The van der Waals surface area contributed by atoms with Crippen LogP contribution in [0.3, 0.4) is 0 Å². The number of alkyl halides is 1. The summed E-state index contributed by atoms with van der Waals surface area (Å²) in [5.74, 6) is -0.445. The Kier molecular flexibility index (Phi) is 5.38. The number of H-pyrrole nitrogens is 1. The average molecular weight is 375 g/mol. The Morgan fingerprint density at radius 3 is 3.00 bits per heavy atom. The van der Waals surface area contributed by atoms with Gasteiger partial charge in [0.15, 0.2) is 0 Å². The monoisotopic (exact) mass is 375 g/mol. The average Bonchev–Trinajstić information content (AvgIpc) is 3.08. The number of fused-ring (bicyclic) bond motifs is 1. The molecular formula is C18H22FN5O3. The van der Waals surface area contributed by atoms with E-state index in [1.54, 1.807) is 18.7 Å². The first-order valence-corrected chi connectivity index (χ1v) is 8.79. The molecule has 2 aromatic heterocycles. The number of carbonyl (C=O) groups excluding carboxylic acids is 2. The third-order valence-corrected chi connectivity index (χ3v) is 4.67. The molecule has 2 N–H and O–H groups in total. The van der Waals surface area contributed by atoms with Crippen molar-refractivity contribution in [1.29, 1.82) is 0 Å². The van der Waals surface area contributed by atoms with Crippen LogP contribution in [0.5, 0.6) is 0 Å². The first-order chi connectivity index (χ1) is 13.0. The Morgan fingerprint density at radius 2 is 2.30 bits per heavy atom. The molecule has 0 aliphatic carbocycles. The highest BCUT2D eigenvalue weighted by Gasteiger charge is 2.36. The van der Waals surface area contributed by atoms with Crippen molar-refractivity contribution in [3.8, 4) is 0 Å². The van der Waals surface area contributed by atoms with E-state index in [4.69, 9.17) is 4.74 Å². The lowest BCUT2D eigenvalue weighted by atomic mass is 9.97. The molecule has 1 fully saturated rings. The van der Waals surface area contributed by atoms with E-state index in [-0.39, 0.29) is 37.1 Å². The Bertz CT molecular complexity index is 868. The SMILES string of the molecule is C=CC(=O)N1C[C@H](Nc2ncnc3[nH]cc(C(=O)OCC)c23)[C@@H](F)C[C@@H]1C. The van der Waals surface area contributed by atoms with Gasteiger partial charge in [0.05, 0.1) is 23.6 Å². The van der Waals surface area contributed by atoms with Crippen molar-refractivity contribution < 1.29 is 18.7 Å². The topological polar surface area (TPSA) is 100 Å². The molecule has 0 aromatic carbocycles. The third kappa shape index (κ3) is 3.62. The largest absolute Gasteiger partial charge is 0.462 e. The number of halogens is 1. The summed E-state index contributed by atoms with van der Waals surface area (Å²) >= 11 is 0. The van der Waals surface area contributed by atoms with E-state index in [1.165, 1.54) is 18.6 Å². The lowest BCUT2D eigenvalue weighted by molar-refractivity contribution is -0.130. The highest BCUT2D eigenvalue weighted by Crippen LogP contribution is 2.28. The van der Waals surface area contributed by atoms with Crippen LogP contribution in [-0.2, 0) is 9.53 Å². The van der Waals surface area contributed by atoms with Gasteiger partial charge in [0, 0.05) is 25.2 Å². The number of esters is 1. The second kappa shape index (κ2) is 7.73. The molecule has 2 aromatic rings. The summed E-state index contributed by atoms with van der Waals surface area (Å²) < 4.78 is 19.7. The van der Waals surface area contributed by atoms with E-state index in [2.05, 4.69) is 26.8 Å². The van der Waals surface area contributed by atoms with E-state index in [1.807, 2.05) is 0 Å². The predicted molar refractivity (Wildman–Crippen MR) is 98.1 cm³/mol. The maximum absolute atomic E-state index is 14.7. The quantitative estimate of drug-likeness (QED) is 0.613. The smallest absolute Gasteiger partial charge is 0.340 e. The molecule has 1 amide bonds. The second-order valence-corrected chi connectivity index (χ2v) is 6.41. The molecular weight excluding hydrogens is 353 g/mol. The van der Waals surface area contributed by atoms with Gasteiger partial charge in [0.2, 0.25) is 5.91 Å². The highest BCUT2D eigenvalue weighted by molar-refractivity contribution is 6.07. The molecule has 9 heteroatoms. The molecule has 0 unspecified atom stereocenters. The number of likely N-dealkylation sites (tertiary alicyclic amines) is 1. The molecule has 144 valence electrons. The van der Waals surface area contributed by atoms with Crippen LogP contribution in [0.2, 0.25) is 0 Å².